The Bertz CT molecular complexity index is 1250. The largest absolute Gasteiger partial charge is 0.494 e. The van der Waals surface area contributed by atoms with Gasteiger partial charge in [0.1, 0.15) is 12.2 Å². The molecule has 0 spiro atoms. The molecular weight excluding hydrogens is 423 g/mol. The van der Waals surface area contributed by atoms with E-state index in [1.165, 1.54) is 19.2 Å². The number of nitrogens with one attached hydrogen (secondary N) is 1. The third kappa shape index (κ3) is 4.44. The molecule has 0 aliphatic carbocycles. The van der Waals surface area contributed by atoms with Gasteiger partial charge in [-0.05, 0) is 55.0 Å². The van der Waals surface area contributed by atoms with E-state index in [1.807, 2.05) is 13.0 Å². The molecule has 0 aliphatic rings. The quantitative estimate of drug-likeness (QED) is 0.458. The van der Waals surface area contributed by atoms with Crippen LogP contribution in [0.2, 0.25) is 5.02 Å². The van der Waals surface area contributed by atoms with Crippen LogP contribution < -0.4 is 10.1 Å². The van der Waals surface area contributed by atoms with Gasteiger partial charge in [0, 0.05) is 22.5 Å². The lowest BCUT2D eigenvalue weighted by molar-refractivity contribution is -0.116. The molecule has 0 saturated carbocycles. The third-order valence-electron chi connectivity index (χ3n) is 4.67. The molecule has 158 valence electrons. The number of rotatable bonds is 6. The van der Waals surface area contributed by atoms with Gasteiger partial charge in [-0.1, -0.05) is 22.8 Å². The summed E-state index contributed by atoms with van der Waals surface area (Å²) in [6, 6.07) is 13.2. The van der Waals surface area contributed by atoms with Crippen LogP contribution in [0, 0.1) is 12.7 Å². The third-order valence-corrected chi connectivity index (χ3v) is 4.91. The first kappa shape index (κ1) is 20.6. The van der Waals surface area contributed by atoms with Crippen molar-refractivity contribution in [3.63, 3.8) is 0 Å². The van der Waals surface area contributed by atoms with Crippen molar-refractivity contribution in [3.8, 4) is 28.7 Å². The van der Waals surface area contributed by atoms with Crippen molar-refractivity contribution in [2.24, 2.45) is 0 Å². The fraction of sp³-hybridized carbons (Fsp3) is 0.136. The predicted octanol–water partition coefficient (Wildman–Crippen LogP) is 4.95. The molecule has 7 nitrogen and oxygen atoms in total. The summed E-state index contributed by atoms with van der Waals surface area (Å²) in [7, 11) is 1.39. The summed E-state index contributed by atoms with van der Waals surface area (Å²) in [4.78, 5) is 16.9. The molecule has 0 saturated heterocycles. The fourth-order valence-electron chi connectivity index (χ4n) is 3.07. The van der Waals surface area contributed by atoms with Crippen molar-refractivity contribution in [1.82, 2.24) is 14.7 Å². The monoisotopic (exact) mass is 440 g/mol. The number of carbonyl (C=O) groups is 1. The highest BCUT2D eigenvalue weighted by Gasteiger charge is 2.17. The SMILES string of the molecule is COc1ccc(-c2noc(-c3cccn3CC(=O)Nc3cc(Cl)ccc3C)n2)cc1F. The van der Waals surface area contributed by atoms with E-state index in [1.54, 1.807) is 41.1 Å². The van der Waals surface area contributed by atoms with Crippen LogP contribution in [-0.4, -0.2) is 27.7 Å². The van der Waals surface area contributed by atoms with Crippen LogP contribution in [0.3, 0.4) is 0 Å². The number of nitrogens with zero attached hydrogens (tertiary/aromatic N) is 3. The maximum Gasteiger partial charge on any atom is 0.274 e. The number of aryl methyl sites for hydroxylation is 1. The molecule has 0 atom stereocenters. The molecule has 2 aromatic carbocycles. The summed E-state index contributed by atoms with van der Waals surface area (Å²) in [6.07, 6.45) is 1.73. The van der Waals surface area contributed by atoms with E-state index >= 15 is 0 Å². The van der Waals surface area contributed by atoms with E-state index in [0.29, 0.717) is 22.0 Å². The fourth-order valence-corrected chi connectivity index (χ4v) is 3.24. The molecular formula is C22H18ClFN4O3. The van der Waals surface area contributed by atoms with Crippen molar-refractivity contribution in [3.05, 3.63) is 71.1 Å². The standard InChI is InChI=1S/C22H18ClFN4O3/c1-13-5-7-15(23)11-17(13)25-20(29)12-28-9-3-4-18(28)22-26-21(27-31-22)14-6-8-19(30-2)16(24)10-14/h3-11H,12H2,1-2H3,(H,25,29). The molecule has 0 unspecified atom stereocenters. The number of hydrogen-bond donors (Lipinski definition) is 1. The molecule has 1 amide bonds. The van der Waals surface area contributed by atoms with Crippen LogP contribution in [-0.2, 0) is 11.3 Å². The second-order valence-electron chi connectivity index (χ2n) is 6.80. The van der Waals surface area contributed by atoms with Crippen LogP contribution in [0.4, 0.5) is 10.1 Å². The summed E-state index contributed by atoms with van der Waals surface area (Å²) in [5.41, 5.74) is 2.55. The minimum absolute atomic E-state index is 0.0309. The van der Waals surface area contributed by atoms with Crippen LogP contribution in [0.5, 0.6) is 5.75 Å². The molecule has 9 heteroatoms. The highest BCUT2D eigenvalue weighted by Crippen LogP contribution is 2.26. The van der Waals surface area contributed by atoms with Crippen molar-refractivity contribution < 1.29 is 18.4 Å². The Morgan fingerprint density at radius 1 is 1.26 bits per heavy atom. The van der Waals surface area contributed by atoms with Crippen molar-refractivity contribution in [1.29, 1.82) is 0 Å². The second kappa shape index (κ2) is 8.61. The van der Waals surface area contributed by atoms with Gasteiger partial charge >= 0.3 is 0 Å². The van der Waals surface area contributed by atoms with Gasteiger partial charge in [-0.25, -0.2) is 4.39 Å². The van der Waals surface area contributed by atoms with Gasteiger partial charge in [0.05, 0.1) is 7.11 Å². The smallest absolute Gasteiger partial charge is 0.274 e. The van der Waals surface area contributed by atoms with Crippen molar-refractivity contribution in [2.75, 3.05) is 12.4 Å². The number of aromatic nitrogens is 3. The zero-order valence-corrected chi connectivity index (χ0v) is 17.5. The number of carbonyl (C=O) groups excluding carboxylic acids is 1. The Hall–Kier alpha value is -3.65. The van der Waals surface area contributed by atoms with E-state index in [4.69, 9.17) is 20.9 Å². The highest BCUT2D eigenvalue weighted by atomic mass is 35.5. The van der Waals surface area contributed by atoms with Gasteiger partial charge in [0.2, 0.25) is 11.7 Å². The zero-order chi connectivity index (χ0) is 22.0. The molecule has 0 fully saturated rings. The maximum atomic E-state index is 14.0. The van der Waals surface area contributed by atoms with Gasteiger partial charge in [-0.3, -0.25) is 4.79 Å². The molecule has 0 bridgehead atoms. The molecule has 2 aromatic heterocycles. The van der Waals surface area contributed by atoms with Gasteiger partial charge in [-0.15, -0.1) is 0 Å². The first-order valence-electron chi connectivity index (χ1n) is 9.33. The molecule has 1 N–H and O–H groups in total. The first-order valence-corrected chi connectivity index (χ1v) is 9.71. The zero-order valence-electron chi connectivity index (χ0n) is 16.7. The number of methoxy groups -OCH3 is 1. The van der Waals surface area contributed by atoms with E-state index in [2.05, 4.69) is 15.5 Å². The van der Waals surface area contributed by atoms with Gasteiger partial charge in [0.25, 0.3) is 5.89 Å². The van der Waals surface area contributed by atoms with Gasteiger partial charge in [-0.2, -0.15) is 4.98 Å². The second-order valence-corrected chi connectivity index (χ2v) is 7.24. The van der Waals surface area contributed by atoms with E-state index < -0.39 is 5.82 Å². The van der Waals surface area contributed by atoms with Crippen LogP contribution >= 0.6 is 11.6 Å². The molecule has 0 radical (unpaired) electrons. The highest BCUT2D eigenvalue weighted by molar-refractivity contribution is 6.31. The summed E-state index contributed by atoms with van der Waals surface area (Å²) in [5, 5.41) is 7.32. The van der Waals surface area contributed by atoms with Crippen molar-refractivity contribution in [2.45, 2.75) is 13.5 Å². The lowest BCUT2D eigenvalue weighted by atomic mass is 10.2. The first-order chi connectivity index (χ1) is 14.9. The Balaban J connectivity index is 1.53. The summed E-state index contributed by atoms with van der Waals surface area (Å²) in [6.45, 7) is 1.91. The number of benzene rings is 2. The number of halogens is 2. The van der Waals surface area contributed by atoms with E-state index in [-0.39, 0.29) is 29.9 Å². The van der Waals surface area contributed by atoms with Crippen molar-refractivity contribution >= 4 is 23.2 Å². The summed E-state index contributed by atoms with van der Waals surface area (Å²) >= 11 is 6.01. The molecule has 4 aromatic rings. The minimum Gasteiger partial charge on any atom is -0.494 e. The number of hydrogen-bond acceptors (Lipinski definition) is 5. The molecule has 4 rings (SSSR count). The predicted molar refractivity (Wildman–Crippen MR) is 114 cm³/mol. The number of anilines is 1. The average Bonchev–Trinajstić information content (AvgIpc) is 3.40. The normalized spacial score (nSPS) is 10.8. The lowest BCUT2D eigenvalue weighted by Gasteiger charge is -2.10. The maximum absolute atomic E-state index is 14.0. The van der Waals surface area contributed by atoms with Gasteiger partial charge < -0.3 is 19.1 Å². The Morgan fingerprint density at radius 2 is 2.10 bits per heavy atom. The average molecular weight is 441 g/mol. The summed E-state index contributed by atoms with van der Waals surface area (Å²) < 4.78 is 25.9. The molecule has 0 aliphatic heterocycles. The topological polar surface area (TPSA) is 82.2 Å². The number of ether oxygens (including phenoxy) is 1. The summed E-state index contributed by atoms with van der Waals surface area (Å²) in [5.74, 6) is -0.198. The molecule has 2 heterocycles. The Labute approximate surface area is 182 Å². The molecule has 31 heavy (non-hydrogen) atoms. The van der Waals surface area contributed by atoms with Gasteiger partial charge in [0.15, 0.2) is 11.6 Å². The lowest BCUT2D eigenvalue weighted by Crippen LogP contribution is -2.19. The minimum atomic E-state index is -0.525. The van der Waals surface area contributed by atoms with Crippen LogP contribution in [0.1, 0.15) is 5.56 Å². The Morgan fingerprint density at radius 3 is 2.87 bits per heavy atom. The Kier molecular flexibility index (Phi) is 5.73. The van der Waals surface area contributed by atoms with E-state index in [0.717, 1.165) is 5.56 Å². The van der Waals surface area contributed by atoms with E-state index in [9.17, 15) is 9.18 Å². The number of amides is 1. The van der Waals surface area contributed by atoms with Crippen LogP contribution in [0.25, 0.3) is 23.0 Å². The van der Waals surface area contributed by atoms with Crippen LogP contribution in [0.15, 0.2) is 59.3 Å².